The van der Waals surface area contributed by atoms with E-state index in [0.29, 0.717) is 68.2 Å². The van der Waals surface area contributed by atoms with Gasteiger partial charge in [-0.3, -0.25) is 10.6 Å². The fourth-order valence-corrected chi connectivity index (χ4v) is 13.2. The van der Waals surface area contributed by atoms with Crippen LogP contribution in [0.1, 0.15) is 109 Å². The van der Waals surface area contributed by atoms with Crippen LogP contribution in [0.4, 0.5) is 0 Å². The number of hydrogen-bond donors (Lipinski definition) is 10. The van der Waals surface area contributed by atoms with E-state index >= 15 is 0 Å². The molecule has 410 valence electrons. The lowest BCUT2D eigenvalue weighted by Gasteiger charge is -2.50. The molecular weight excluding hydrogens is 983 g/mol. The van der Waals surface area contributed by atoms with Crippen molar-refractivity contribution in [2.45, 2.75) is 120 Å². The van der Waals surface area contributed by atoms with Crippen LogP contribution in [0, 0.1) is 17.8 Å². The third-order valence-electron chi connectivity index (χ3n) is 16.6. The maximum atomic E-state index is 12.0. The molecule has 10 N–H and O–H groups in total. The van der Waals surface area contributed by atoms with E-state index in [2.05, 4.69) is 113 Å². The predicted octanol–water partition coefficient (Wildman–Crippen LogP) is 8.03. The quantitative estimate of drug-likeness (QED) is 0.0213. The summed E-state index contributed by atoms with van der Waals surface area (Å²) in [6.45, 7) is 7.73. The number of aromatic amines is 1. The Morgan fingerprint density at radius 3 is 2.51 bits per heavy atom. The third kappa shape index (κ3) is 10.5. The van der Waals surface area contributed by atoms with Gasteiger partial charge in [0.05, 0.1) is 25.5 Å². The summed E-state index contributed by atoms with van der Waals surface area (Å²) >= 11 is 0. The maximum absolute atomic E-state index is 12.0. The number of ether oxygens (including phenoxy) is 4. The van der Waals surface area contributed by atoms with Gasteiger partial charge in [-0.25, -0.2) is 0 Å². The highest BCUT2D eigenvalue weighted by Crippen LogP contribution is 2.62. The molecule has 2 aliphatic carbocycles. The van der Waals surface area contributed by atoms with Crippen LogP contribution in [-0.4, -0.2) is 113 Å². The lowest BCUT2D eigenvalue weighted by atomic mass is 9.62. The molecule has 2 bridgehead atoms. The summed E-state index contributed by atoms with van der Waals surface area (Å²) in [4.78, 5) is 3.40. The van der Waals surface area contributed by atoms with Crippen LogP contribution < -0.4 is 35.5 Å². The standard InChI is InChI=1S/C64H75N5O9/c1-38(2)30-63(3,74)35-67-36-69-56-14-8-13-44(33-70)76-55-28-42(16-21-54(55)73)62-64(56,75-37-65-4)31-51-48-29-50-57(41-15-20-52-40(26-41)23-25-68-52)43(32-66-24-9-12-39-10-6-5-7-11-39)27-49-53(72)22-19-46(58(49)50)59(48)61-47(60(51)78-62)18-17-45(34-71)77-61/h5-7,10-11,15-16,19-23,25-28,38,44-45,50,56-57,62,65-74H,9,12-13,17-18,24,29-37H2,1-4H3. The third-order valence-corrected chi connectivity index (χ3v) is 16.6. The average molecular weight is 1060 g/mol. The minimum Gasteiger partial charge on any atom is -0.507 e. The molecule has 5 aliphatic rings. The summed E-state index contributed by atoms with van der Waals surface area (Å²) in [5.74, 6) is 8.68. The lowest BCUT2D eigenvalue weighted by molar-refractivity contribution is -0.141. The lowest BCUT2D eigenvalue weighted by Crippen LogP contribution is -2.62. The van der Waals surface area contributed by atoms with E-state index in [1.165, 1.54) is 16.7 Å². The summed E-state index contributed by atoms with van der Waals surface area (Å²) in [7, 11) is 1.84. The molecule has 5 aromatic carbocycles. The largest absolute Gasteiger partial charge is 0.507 e. The van der Waals surface area contributed by atoms with Crippen LogP contribution in [0.15, 0.2) is 96.7 Å². The second-order valence-corrected chi connectivity index (χ2v) is 22.8. The molecule has 8 atom stereocenters. The number of aliphatic hydroxyl groups is 3. The number of nitrogens with one attached hydrogen (secondary N) is 5. The number of hydrogen-bond acceptors (Lipinski definition) is 13. The molecule has 4 heterocycles. The topological polar surface area (TPSA) is 202 Å². The van der Waals surface area contributed by atoms with Gasteiger partial charge in [-0.05, 0) is 158 Å². The van der Waals surface area contributed by atoms with Crippen LogP contribution in [0.2, 0.25) is 0 Å². The first-order chi connectivity index (χ1) is 37.9. The van der Waals surface area contributed by atoms with Gasteiger partial charge in [-0.1, -0.05) is 74.2 Å². The SMILES string of the molecule is CNCOC12Cc3c4c(c5c(c3OC1c1ccc(O)c(c1)OC(CO)CC#CC2NCNCC(C)(O)CC(C)C)CCC(CO)O5)-c1ccc(O)c2c1C(C4)C(c1ccc3[nH]ccc3c1)C(CNCCCc1ccccc1)=C2. The summed E-state index contributed by atoms with van der Waals surface area (Å²) in [5.41, 5.74) is 9.86. The highest BCUT2D eigenvalue weighted by atomic mass is 16.6. The van der Waals surface area contributed by atoms with Crippen molar-refractivity contribution in [3.63, 3.8) is 0 Å². The van der Waals surface area contributed by atoms with Gasteiger partial charge in [0, 0.05) is 72.5 Å². The Hall–Kier alpha value is -6.38. The molecule has 11 rings (SSSR count). The number of rotatable bonds is 19. The van der Waals surface area contributed by atoms with Crippen LogP contribution in [0.3, 0.4) is 0 Å². The first kappa shape index (κ1) is 53.6. The second-order valence-electron chi connectivity index (χ2n) is 22.8. The van der Waals surface area contributed by atoms with E-state index in [-0.39, 0.29) is 62.1 Å². The van der Waals surface area contributed by atoms with Gasteiger partial charge in [-0.2, -0.15) is 0 Å². The second kappa shape index (κ2) is 22.8. The Morgan fingerprint density at radius 1 is 0.885 bits per heavy atom. The van der Waals surface area contributed by atoms with Gasteiger partial charge in [0.2, 0.25) is 0 Å². The molecule has 8 unspecified atom stereocenters. The van der Waals surface area contributed by atoms with Gasteiger partial charge < -0.3 is 60.1 Å². The number of aliphatic hydroxyl groups excluding tert-OH is 2. The van der Waals surface area contributed by atoms with Crippen LogP contribution in [-0.2, 0) is 30.4 Å². The van der Waals surface area contributed by atoms with E-state index in [1.54, 1.807) is 12.1 Å². The zero-order valence-electron chi connectivity index (χ0n) is 45.3. The highest BCUT2D eigenvalue weighted by molar-refractivity contribution is 5.90. The van der Waals surface area contributed by atoms with Crippen molar-refractivity contribution >= 4 is 17.0 Å². The van der Waals surface area contributed by atoms with Crippen LogP contribution in [0.25, 0.3) is 28.1 Å². The Bertz CT molecular complexity index is 3230. The first-order valence-electron chi connectivity index (χ1n) is 28.0. The van der Waals surface area contributed by atoms with E-state index < -0.39 is 35.6 Å². The molecule has 3 aliphatic heterocycles. The van der Waals surface area contributed by atoms with Crippen molar-refractivity contribution in [1.29, 1.82) is 0 Å². The normalized spacial score (nSPS) is 23.6. The first-order valence-corrected chi connectivity index (χ1v) is 28.0. The fourth-order valence-electron chi connectivity index (χ4n) is 13.2. The molecule has 1 aromatic heterocycles. The summed E-state index contributed by atoms with van der Waals surface area (Å²) in [6, 6.07) is 27.8. The molecule has 0 saturated heterocycles. The van der Waals surface area contributed by atoms with Gasteiger partial charge >= 0.3 is 0 Å². The Labute approximate surface area is 457 Å². The maximum Gasteiger partial charge on any atom is 0.161 e. The van der Waals surface area contributed by atoms with Crippen molar-refractivity contribution in [2.75, 3.05) is 53.3 Å². The molecule has 0 saturated carbocycles. The average Bonchev–Trinajstić information content (AvgIpc) is 4.02. The summed E-state index contributed by atoms with van der Waals surface area (Å²) in [5, 5.41) is 71.4. The van der Waals surface area contributed by atoms with Crippen molar-refractivity contribution in [2.24, 2.45) is 5.92 Å². The van der Waals surface area contributed by atoms with E-state index in [4.69, 9.17) is 18.9 Å². The zero-order valence-corrected chi connectivity index (χ0v) is 45.3. The number of benzene rings is 5. The van der Waals surface area contributed by atoms with E-state index in [9.17, 15) is 25.5 Å². The van der Waals surface area contributed by atoms with Gasteiger partial charge in [-0.15, -0.1) is 0 Å². The number of H-pyrrole nitrogens is 1. The molecule has 78 heavy (non-hydrogen) atoms. The molecule has 0 spiro atoms. The Balaban J connectivity index is 1.08. The number of aromatic nitrogens is 1. The number of aryl methyl sites for hydroxylation is 1. The summed E-state index contributed by atoms with van der Waals surface area (Å²) < 4.78 is 28.3. The number of phenols is 2. The van der Waals surface area contributed by atoms with E-state index in [1.807, 2.05) is 38.4 Å². The van der Waals surface area contributed by atoms with Gasteiger partial charge in [0.1, 0.15) is 41.1 Å². The van der Waals surface area contributed by atoms with Crippen molar-refractivity contribution in [1.82, 2.24) is 26.3 Å². The van der Waals surface area contributed by atoms with Crippen molar-refractivity contribution in [3.8, 4) is 51.7 Å². The van der Waals surface area contributed by atoms with E-state index in [0.717, 1.165) is 69.2 Å². The Kier molecular flexibility index (Phi) is 15.6. The molecule has 0 fully saturated rings. The minimum atomic E-state index is -1.27. The Morgan fingerprint density at radius 2 is 1.71 bits per heavy atom. The molecule has 14 heteroatoms. The monoisotopic (exact) mass is 1060 g/mol. The van der Waals surface area contributed by atoms with Crippen LogP contribution in [0.5, 0.6) is 28.7 Å². The number of fused-ring (bicyclic) bond motifs is 12. The minimum absolute atomic E-state index is 0.0813. The highest BCUT2D eigenvalue weighted by Gasteiger charge is 2.55. The fraction of sp³-hybridized carbons (Fsp3) is 0.438. The predicted molar refractivity (Wildman–Crippen MR) is 303 cm³/mol. The van der Waals surface area contributed by atoms with Crippen molar-refractivity contribution in [3.05, 3.63) is 141 Å². The molecule has 6 aromatic rings. The van der Waals surface area contributed by atoms with Crippen molar-refractivity contribution < 1.29 is 44.5 Å². The molecular formula is C64H75N5O9. The smallest absolute Gasteiger partial charge is 0.161 e. The van der Waals surface area contributed by atoms with Crippen LogP contribution >= 0.6 is 0 Å². The molecule has 0 amide bonds. The summed E-state index contributed by atoms with van der Waals surface area (Å²) in [6.07, 6.45) is 6.90. The van der Waals surface area contributed by atoms with Gasteiger partial charge in [0.15, 0.2) is 17.6 Å². The molecule has 14 nitrogen and oxygen atoms in total. The zero-order chi connectivity index (χ0) is 54.1. The number of phenolic OH excluding ortho intramolecular Hbond substituents is 2. The molecule has 0 radical (unpaired) electrons. The number of aromatic hydroxyl groups is 2. The van der Waals surface area contributed by atoms with Gasteiger partial charge in [0.25, 0.3) is 0 Å².